The number of nitrogens with zero attached hydrogens (tertiary/aromatic N) is 1. The van der Waals surface area contributed by atoms with Gasteiger partial charge in [-0.15, -0.1) is 11.8 Å². The number of pyridine rings is 1. The van der Waals surface area contributed by atoms with E-state index in [-0.39, 0.29) is 11.8 Å². The van der Waals surface area contributed by atoms with Crippen LogP contribution in [0.15, 0.2) is 65.7 Å². The van der Waals surface area contributed by atoms with Gasteiger partial charge in [-0.05, 0) is 62.6 Å². The number of thioether (sulfide) groups is 1. The monoisotopic (exact) mass is 437 g/mol. The van der Waals surface area contributed by atoms with Crippen LogP contribution < -0.4 is 4.74 Å². The molecule has 0 unspecified atom stereocenters. The van der Waals surface area contributed by atoms with Gasteiger partial charge in [0.1, 0.15) is 5.75 Å². The van der Waals surface area contributed by atoms with Gasteiger partial charge in [0.15, 0.2) is 5.78 Å². The van der Waals surface area contributed by atoms with Crippen LogP contribution in [0.1, 0.15) is 43.0 Å². The Kier molecular flexibility index (Phi) is 8.91. The van der Waals surface area contributed by atoms with Crippen LogP contribution in [0.4, 0.5) is 0 Å². The van der Waals surface area contributed by atoms with Gasteiger partial charge < -0.3 is 9.47 Å². The highest BCUT2D eigenvalue weighted by molar-refractivity contribution is 8.00. The lowest BCUT2D eigenvalue weighted by Gasteiger charge is -2.08. The number of ketones is 1. The van der Waals surface area contributed by atoms with Gasteiger partial charge >= 0.3 is 5.97 Å². The predicted octanol–water partition coefficient (Wildman–Crippen LogP) is 5.71. The van der Waals surface area contributed by atoms with E-state index in [1.165, 1.54) is 11.8 Å². The number of Topliss-reactive ketones (excluding diaryl/α,β-unsaturated/α-hetero) is 1. The summed E-state index contributed by atoms with van der Waals surface area (Å²) in [6.45, 7) is 2.83. The van der Waals surface area contributed by atoms with Gasteiger partial charge in [0.2, 0.25) is 0 Å². The number of carbonyl (C=O) groups excluding carboxylic acids is 2. The highest BCUT2D eigenvalue weighted by atomic mass is 32.2. The van der Waals surface area contributed by atoms with Crippen molar-refractivity contribution >= 4 is 34.4 Å². The van der Waals surface area contributed by atoms with Gasteiger partial charge in [0, 0.05) is 28.5 Å². The zero-order valence-electron chi connectivity index (χ0n) is 17.7. The van der Waals surface area contributed by atoms with Crippen molar-refractivity contribution in [3.05, 3.63) is 66.4 Å². The van der Waals surface area contributed by atoms with Gasteiger partial charge in [-0.2, -0.15) is 0 Å². The summed E-state index contributed by atoms with van der Waals surface area (Å²) < 4.78 is 10.6. The summed E-state index contributed by atoms with van der Waals surface area (Å²) in [5.74, 6) is 1.05. The lowest BCUT2D eigenvalue weighted by Crippen LogP contribution is -2.04. The SMILES string of the molecule is CCOC(=O)CCCCCOc1ccc(C(=O)CSc2ccnc3ccccc23)cc1. The Balaban J connectivity index is 1.41. The summed E-state index contributed by atoms with van der Waals surface area (Å²) >= 11 is 1.53. The van der Waals surface area contributed by atoms with Crippen LogP contribution in [0.5, 0.6) is 5.75 Å². The molecule has 0 radical (unpaired) electrons. The van der Waals surface area contributed by atoms with Gasteiger partial charge in [-0.25, -0.2) is 0 Å². The molecule has 0 saturated heterocycles. The van der Waals surface area contributed by atoms with Crippen LogP contribution >= 0.6 is 11.8 Å². The molecule has 31 heavy (non-hydrogen) atoms. The maximum Gasteiger partial charge on any atom is 0.305 e. The first-order valence-electron chi connectivity index (χ1n) is 10.6. The number of hydrogen-bond acceptors (Lipinski definition) is 6. The summed E-state index contributed by atoms with van der Waals surface area (Å²) in [6.07, 6.45) is 4.82. The number of hydrogen-bond donors (Lipinski definition) is 0. The molecule has 3 aromatic rings. The predicted molar refractivity (Wildman–Crippen MR) is 124 cm³/mol. The fourth-order valence-electron chi connectivity index (χ4n) is 3.13. The number of para-hydroxylation sites is 1. The van der Waals surface area contributed by atoms with E-state index in [9.17, 15) is 9.59 Å². The first kappa shape index (κ1) is 22.8. The Bertz CT molecular complexity index is 999. The standard InChI is InChI=1S/C25H27NO4S/c1-2-29-25(28)10-4-3-7-17-30-20-13-11-19(12-14-20)23(27)18-31-24-15-16-26-22-9-6-5-8-21(22)24/h5-6,8-9,11-16H,2-4,7,10,17-18H2,1H3. The molecule has 1 heterocycles. The molecule has 0 aliphatic heterocycles. The minimum atomic E-state index is -0.140. The van der Waals surface area contributed by atoms with E-state index in [4.69, 9.17) is 9.47 Å². The van der Waals surface area contributed by atoms with Crippen LogP contribution in [0.2, 0.25) is 0 Å². The van der Waals surface area contributed by atoms with E-state index in [0.717, 1.165) is 40.8 Å². The molecular formula is C25H27NO4S. The number of unbranched alkanes of at least 4 members (excludes halogenated alkanes) is 2. The second kappa shape index (κ2) is 12.1. The summed E-state index contributed by atoms with van der Waals surface area (Å²) in [7, 11) is 0. The molecule has 0 spiro atoms. The molecule has 1 aromatic heterocycles. The number of rotatable bonds is 12. The zero-order valence-corrected chi connectivity index (χ0v) is 18.5. The van der Waals surface area contributed by atoms with Crippen LogP contribution in [0, 0.1) is 0 Å². The molecule has 0 fully saturated rings. The Labute approximate surface area is 187 Å². The minimum Gasteiger partial charge on any atom is -0.494 e. The number of esters is 1. The van der Waals surface area contributed by atoms with Crippen molar-refractivity contribution in [3.63, 3.8) is 0 Å². The molecule has 6 heteroatoms. The normalized spacial score (nSPS) is 10.7. The molecule has 0 aliphatic carbocycles. The Morgan fingerprint density at radius 3 is 2.58 bits per heavy atom. The van der Waals surface area contributed by atoms with Gasteiger partial charge in [0.25, 0.3) is 0 Å². The van der Waals surface area contributed by atoms with E-state index in [0.29, 0.717) is 31.0 Å². The number of aromatic nitrogens is 1. The van der Waals surface area contributed by atoms with Crippen molar-refractivity contribution < 1.29 is 19.1 Å². The van der Waals surface area contributed by atoms with E-state index >= 15 is 0 Å². The molecule has 2 aromatic carbocycles. The van der Waals surface area contributed by atoms with Crippen molar-refractivity contribution in [2.75, 3.05) is 19.0 Å². The van der Waals surface area contributed by atoms with Gasteiger partial charge in [-0.1, -0.05) is 18.2 Å². The maximum atomic E-state index is 12.6. The molecule has 0 amide bonds. The topological polar surface area (TPSA) is 65.5 Å². The van der Waals surface area contributed by atoms with Crippen molar-refractivity contribution in [1.82, 2.24) is 4.98 Å². The van der Waals surface area contributed by atoms with E-state index in [2.05, 4.69) is 4.98 Å². The third kappa shape index (κ3) is 7.10. The average Bonchev–Trinajstić information content (AvgIpc) is 2.80. The van der Waals surface area contributed by atoms with Crippen molar-refractivity contribution in [3.8, 4) is 5.75 Å². The zero-order chi connectivity index (χ0) is 21.9. The quantitative estimate of drug-likeness (QED) is 0.156. The summed E-state index contributed by atoms with van der Waals surface area (Å²) in [5.41, 5.74) is 1.61. The summed E-state index contributed by atoms with van der Waals surface area (Å²) in [4.78, 5) is 29.3. The third-order valence-electron chi connectivity index (χ3n) is 4.74. The van der Waals surface area contributed by atoms with E-state index in [1.54, 1.807) is 6.20 Å². The molecule has 0 aliphatic rings. The Morgan fingerprint density at radius 2 is 1.77 bits per heavy atom. The number of benzene rings is 2. The molecule has 5 nitrogen and oxygen atoms in total. The van der Waals surface area contributed by atoms with Crippen molar-refractivity contribution in [2.24, 2.45) is 0 Å². The fraction of sp³-hybridized carbons (Fsp3) is 0.320. The van der Waals surface area contributed by atoms with Crippen LogP contribution in [0.3, 0.4) is 0 Å². The van der Waals surface area contributed by atoms with Gasteiger partial charge in [0.05, 0.1) is 24.5 Å². The number of ether oxygens (including phenoxy) is 2. The fourth-order valence-corrected chi connectivity index (χ4v) is 4.07. The molecule has 0 atom stereocenters. The first-order chi connectivity index (χ1) is 15.2. The molecule has 0 N–H and O–H groups in total. The molecule has 0 bridgehead atoms. The van der Waals surface area contributed by atoms with Gasteiger partial charge in [-0.3, -0.25) is 14.6 Å². The molecule has 0 saturated carbocycles. The molecule has 3 rings (SSSR count). The number of fused-ring (bicyclic) bond motifs is 1. The molecule has 162 valence electrons. The largest absolute Gasteiger partial charge is 0.494 e. The average molecular weight is 438 g/mol. The Morgan fingerprint density at radius 1 is 0.968 bits per heavy atom. The lowest BCUT2D eigenvalue weighted by molar-refractivity contribution is -0.143. The second-order valence-corrected chi connectivity index (χ2v) is 8.04. The number of carbonyl (C=O) groups is 2. The molecular weight excluding hydrogens is 410 g/mol. The lowest BCUT2D eigenvalue weighted by atomic mass is 10.1. The van der Waals surface area contributed by atoms with E-state index in [1.807, 2.05) is 61.5 Å². The maximum absolute atomic E-state index is 12.6. The second-order valence-electron chi connectivity index (χ2n) is 7.03. The third-order valence-corrected chi connectivity index (χ3v) is 5.82. The van der Waals surface area contributed by atoms with Crippen molar-refractivity contribution in [1.29, 1.82) is 0 Å². The summed E-state index contributed by atoms with van der Waals surface area (Å²) in [6, 6.07) is 17.2. The van der Waals surface area contributed by atoms with E-state index < -0.39 is 0 Å². The van der Waals surface area contributed by atoms with Crippen LogP contribution in [0.25, 0.3) is 10.9 Å². The minimum absolute atomic E-state index is 0.0800. The van der Waals surface area contributed by atoms with Crippen LogP contribution in [-0.2, 0) is 9.53 Å². The Hall–Kier alpha value is -2.86. The highest BCUT2D eigenvalue weighted by Crippen LogP contribution is 2.27. The highest BCUT2D eigenvalue weighted by Gasteiger charge is 2.09. The summed E-state index contributed by atoms with van der Waals surface area (Å²) in [5, 5.41) is 1.06. The smallest absolute Gasteiger partial charge is 0.305 e. The first-order valence-corrected chi connectivity index (χ1v) is 11.5. The van der Waals surface area contributed by atoms with Crippen molar-refractivity contribution in [2.45, 2.75) is 37.5 Å². The van der Waals surface area contributed by atoms with Crippen LogP contribution in [-0.4, -0.2) is 35.7 Å².